The van der Waals surface area contributed by atoms with Gasteiger partial charge in [-0.3, -0.25) is 0 Å². The number of aromatic nitrogens is 2. The number of thioether (sulfide) groups is 1. The van der Waals surface area contributed by atoms with Crippen LogP contribution < -0.4 is 5.32 Å². The van der Waals surface area contributed by atoms with Gasteiger partial charge in [-0.25, -0.2) is 0 Å². The van der Waals surface area contributed by atoms with Gasteiger partial charge in [0.2, 0.25) is 0 Å². The number of nitrogens with one attached hydrogen (secondary N) is 1. The predicted octanol–water partition coefficient (Wildman–Crippen LogP) is 1.65. The Bertz CT molecular complexity index is 279. The monoisotopic (exact) mass is 187 g/mol. The molecule has 1 aliphatic heterocycles. The number of nitrogens with zero attached hydrogens (tertiary/aromatic N) is 2. The van der Waals surface area contributed by atoms with Crippen LogP contribution in [0.1, 0.15) is 0 Å². The summed E-state index contributed by atoms with van der Waals surface area (Å²) in [6, 6.07) is 1.83. The lowest BCUT2D eigenvalue weighted by molar-refractivity contribution is 0.971. The molecule has 0 saturated heterocycles. The Morgan fingerprint density at radius 3 is 3.36 bits per heavy atom. The maximum Gasteiger partial charge on any atom is 0.162 e. The van der Waals surface area contributed by atoms with Crippen LogP contribution in [-0.4, -0.2) is 22.5 Å². The zero-order chi connectivity index (χ0) is 7.68. The van der Waals surface area contributed by atoms with Gasteiger partial charge in [0.15, 0.2) is 11.0 Å². The van der Waals surface area contributed by atoms with Crippen molar-refractivity contribution >= 4 is 29.2 Å². The first-order valence-corrected chi connectivity index (χ1v) is 4.62. The minimum Gasteiger partial charge on any atom is -0.367 e. The van der Waals surface area contributed by atoms with Gasteiger partial charge in [-0.1, -0.05) is 11.6 Å². The molecule has 0 fully saturated rings. The largest absolute Gasteiger partial charge is 0.367 e. The molecule has 1 aliphatic rings. The summed E-state index contributed by atoms with van der Waals surface area (Å²) in [6.45, 7) is 0.952. The Hall–Kier alpha value is -0.480. The topological polar surface area (TPSA) is 37.8 Å². The van der Waals surface area contributed by atoms with Crippen molar-refractivity contribution < 1.29 is 0 Å². The molecule has 5 heteroatoms. The van der Waals surface area contributed by atoms with E-state index in [0.29, 0.717) is 5.15 Å². The van der Waals surface area contributed by atoms with Gasteiger partial charge >= 0.3 is 0 Å². The fourth-order valence-electron chi connectivity index (χ4n) is 0.915. The van der Waals surface area contributed by atoms with Gasteiger partial charge in [-0.2, -0.15) is 0 Å². The molecule has 1 aromatic rings. The molecule has 0 amide bonds. The third-order valence-corrected chi connectivity index (χ3v) is 2.60. The molecule has 11 heavy (non-hydrogen) atoms. The molecule has 2 heterocycles. The molecule has 2 rings (SSSR count). The van der Waals surface area contributed by atoms with Gasteiger partial charge in [0.25, 0.3) is 0 Å². The molecule has 0 aliphatic carbocycles. The summed E-state index contributed by atoms with van der Waals surface area (Å²) >= 11 is 7.42. The van der Waals surface area contributed by atoms with E-state index in [1.807, 2.05) is 6.07 Å². The summed E-state index contributed by atoms with van der Waals surface area (Å²) in [4.78, 5) is 1.09. The normalized spacial score (nSPS) is 15.4. The van der Waals surface area contributed by atoms with E-state index < -0.39 is 0 Å². The first-order valence-electron chi connectivity index (χ1n) is 3.26. The van der Waals surface area contributed by atoms with E-state index in [1.165, 1.54) is 0 Å². The Morgan fingerprint density at radius 2 is 2.45 bits per heavy atom. The second-order valence-electron chi connectivity index (χ2n) is 2.16. The standard InChI is InChI=1S/C6H6ClN3S/c7-5-3-4-6(10-9-5)8-1-2-11-4/h3H,1-2H2,(H,8,10). The minimum atomic E-state index is 0.458. The van der Waals surface area contributed by atoms with E-state index in [9.17, 15) is 0 Å². The molecule has 0 spiro atoms. The Morgan fingerprint density at radius 1 is 1.55 bits per heavy atom. The first kappa shape index (κ1) is 7.18. The molecule has 0 saturated carbocycles. The maximum absolute atomic E-state index is 5.66. The highest BCUT2D eigenvalue weighted by Gasteiger charge is 2.10. The third-order valence-electron chi connectivity index (χ3n) is 1.38. The molecule has 0 unspecified atom stereocenters. The number of fused-ring (bicyclic) bond motifs is 1. The lowest BCUT2D eigenvalue weighted by Crippen LogP contribution is -2.12. The van der Waals surface area contributed by atoms with Gasteiger partial charge in [0.1, 0.15) is 0 Å². The van der Waals surface area contributed by atoms with Crippen molar-refractivity contribution in [3.8, 4) is 0 Å². The van der Waals surface area contributed by atoms with Crippen molar-refractivity contribution in [1.82, 2.24) is 10.2 Å². The van der Waals surface area contributed by atoms with Gasteiger partial charge in [-0.05, 0) is 6.07 Å². The predicted molar refractivity (Wildman–Crippen MR) is 46.3 cm³/mol. The average Bonchev–Trinajstić information content (AvgIpc) is 2.04. The number of hydrogen-bond donors (Lipinski definition) is 1. The minimum absolute atomic E-state index is 0.458. The van der Waals surface area contributed by atoms with Crippen LogP contribution in [0.15, 0.2) is 11.0 Å². The second kappa shape index (κ2) is 2.87. The smallest absolute Gasteiger partial charge is 0.162 e. The molecule has 0 radical (unpaired) electrons. The number of halogens is 1. The van der Waals surface area contributed by atoms with Crippen LogP contribution in [0.5, 0.6) is 0 Å². The summed E-state index contributed by atoms with van der Waals surface area (Å²) in [6.07, 6.45) is 0. The molecular formula is C6H6ClN3S. The van der Waals surface area contributed by atoms with Crippen LogP contribution in [0.3, 0.4) is 0 Å². The van der Waals surface area contributed by atoms with Gasteiger partial charge in [0, 0.05) is 12.3 Å². The highest BCUT2D eigenvalue weighted by Crippen LogP contribution is 2.29. The van der Waals surface area contributed by atoms with E-state index in [-0.39, 0.29) is 0 Å². The van der Waals surface area contributed by atoms with Crippen LogP contribution in [0.2, 0.25) is 5.15 Å². The average molecular weight is 188 g/mol. The van der Waals surface area contributed by atoms with Gasteiger partial charge in [0.05, 0.1) is 4.90 Å². The lowest BCUT2D eigenvalue weighted by atomic mass is 10.5. The molecular weight excluding hydrogens is 182 g/mol. The quantitative estimate of drug-likeness (QED) is 0.670. The zero-order valence-corrected chi connectivity index (χ0v) is 7.24. The summed E-state index contributed by atoms with van der Waals surface area (Å²) < 4.78 is 0. The van der Waals surface area contributed by atoms with E-state index in [2.05, 4.69) is 15.5 Å². The summed E-state index contributed by atoms with van der Waals surface area (Å²) in [5.74, 6) is 1.92. The highest BCUT2D eigenvalue weighted by atomic mass is 35.5. The molecule has 0 aromatic carbocycles. The first-order chi connectivity index (χ1) is 5.36. The van der Waals surface area contributed by atoms with Crippen molar-refractivity contribution in [2.45, 2.75) is 4.90 Å². The van der Waals surface area contributed by atoms with Crippen LogP contribution in [-0.2, 0) is 0 Å². The summed E-state index contributed by atoms with van der Waals surface area (Å²) in [7, 11) is 0. The van der Waals surface area contributed by atoms with Crippen LogP contribution in [0, 0.1) is 0 Å². The van der Waals surface area contributed by atoms with E-state index in [1.54, 1.807) is 11.8 Å². The summed E-state index contributed by atoms with van der Waals surface area (Å²) in [5.41, 5.74) is 0. The number of anilines is 1. The summed E-state index contributed by atoms with van der Waals surface area (Å²) in [5, 5.41) is 11.2. The molecule has 58 valence electrons. The van der Waals surface area contributed by atoms with Crippen molar-refractivity contribution in [2.24, 2.45) is 0 Å². The molecule has 0 atom stereocenters. The third kappa shape index (κ3) is 1.41. The maximum atomic E-state index is 5.66. The van der Waals surface area contributed by atoms with Crippen molar-refractivity contribution in [3.05, 3.63) is 11.2 Å². The number of hydrogen-bond acceptors (Lipinski definition) is 4. The Balaban J connectivity index is 2.43. The molecule has 3 nitrogen and oxygen atoms in total. The highest BCUT2D eigenvalue weighted by molar-refractivity contribution is 7.99. The zero-order valence-electron chi connectivity index (χ0n) is 5.67. The fourth-order valence-corrected chi connectivity index (χ4v) is 2.00. The molecule has 0 bridgehead atoms. The van der Waals surface area contributed by atoms with Crippen molar-refractivity contribution in [3.63, 3.8) is 0 Å². The molecule has 1 aromatic heterocycles. The Kier molecular flexibility index (Phi) is 1.87. The van der Waals surface area contributed by atoms with Crippen LogP contribution in [0.25, 0.3) is 0 Å². The van der Waals surface area contributed by atoms with E-state index >= 15 is 0 Å². The Labute approximate surface area is 73.5 Å². The fraction of sp³-hybridized carbons (Fsp3) is 0.333. The van der Waals surface area contributed by atoms with E-state index in [4.69, 9.17) is 11.6 Å². The van der Waals surface area contributed by atoms with E-state index in [0.717, 1.165) is 23.0 Å². The number of rotatable bonds is 0. The van der Waals surface area contributed by atoms with Crippen LogP contribution >= 0.6 is 23.4 Å². The lowest BCUT2D eigenvalue weighted by Gasteiger charge is -2.14. The van der Waals surface area contributed by atoms with Gasteiger partial charge in [-0.15, -0.1) is 22.0 Å². The molecule has 1 N–H and O–H groups in total. The SMILES string of the molecule is Clc1cc2c(nn1)NCCS2. The van der Waals surface area contributed by atoms with Crippen molar-refractivity contribution in [1.29, 1.82) is 0 Å². The second-order valence-corrected chi connectivity index (χ2v) is 3.68. The van der Waals surface area contributed by atoms with Crippen molar-refractivity contribution in [2.75, 3.05) is 17.6 Å². The van der Waals surface area contributed by atoms with Gasteiger partial charge < -0.3 is 5.32 Å². The van der Waals surface area contributed by atoms with Crippen LogP contribution in [0.4, 0.5) is 5.82 Å².